The predicted molar refractivity (Wildman–Crippen MR) is 101 cm³/mol. The number of nitrogens with zero attached hydrogens (tertiary/aromatic N) is 2. The molecule has 1 amide bonds. The van der Waals surface area contributed by atoms with E-state index in [1.807, 2.05) is 26.0 Å². The van der Waals surface area contributed by atoms with Crippen LogP contribution in [0.15, 0.2) is 35.9 Å². The molecule has 0 radical (unpaired) electrons. The Morgan fingerprint density at radius 2 is 2.00 bits per heavy atom. The molecule has 0 aliphatic carbocycles. The van der Waals surface area contributed by atoms with E-state index in [4.69, 9.17) is 0 Å². The van der Waals surface area contributed by atoms with Crippen molar-refractivity contribution in [3.8, 4) is 6.07 Å². The molecule has 1 aromatic carbocycles. The summed E-state index contributed by atoms with van der Waals surface area (Å²) in [6, 6.07) is 10.1. The van der Waals surface area contributed by atoms with Gasteiger partial charge in [0.25, 0.3) is 5.91 Å². The lowest BCUT2D eigenvalue weighted by molar-refractivity contribution is -0.117. The molecule has 0 aliphatic rings. The highest BCUT2D eigenvalue weighted by Gasteiger charge is 2.12. The summed E-state index contributed by atoms with van der Waals surface area (Å²) < 4.78 is 15.1. The molecule has 1 aromatic heterocycles. The summed E-state index contributed by atoms with van der Waals surface area (Å²) in [5, 5.41) is 12.1. The zero-order valence-corrected chi connectivity index (χ0v) is 15.5. The summed E-state index contributed by atoms with van der Waals surface area (Å²) in [4.78, 5) is 12.3. The van der Waals surface area contributed by atoms with Crippen LogP contribution >= 0.6 is 0 Å². The number of hydrogen-bond acceptors (Lipinski definition) is 2. The molecule has 2 rings (SSSR count). The van der Waals surface area contributed by atoms with E-state index in [1.165, 1.54) is 12.1 Å². The number of carbonyl (C=O) groups excluding carboxylic acids is 1. The van der Waals surface area contributed by atoms with Crippen LogP contribution in [0.1, 0.15) is 35.9 Å². The molecular weight excluding hydrogens is 329 g/mol. The average molecular weight is 353 g/mol. The molecule has 0 fully saturated rings. The number of halogens is 1. The molecule has 0 saturated carbocycles. The van der Waals surface area contributed by atoms with Crippen LogP contribution in [0.2, 0.25) is 0 Å². The second-order valence-electron chi connectivity index (χ2n) is 6.28. The van der Waals surface area contributed by atoms with Gasteiger partial charge in [0.2, 0.25) is 0 Å². The zero-order valence-electron chi connectivity index (χ0n) is 15.5. The maximum Gasteiger partial charge on any atom is 0.261 e. The lowest BCUT2D eigenvalue weighted by atomic mass is 10.1. The Bertz CT molecular complexity index is 841. The Morgan fingerprint density at radius 1 is 1.31 bits per heavy atom. The Morgan fingerprint density at radius 3 is 2.62 bits per heavy atom. The number of amides is 1. The molecule has 1 heterocycles. The van der Waals surface area contributed by atoms with E-state index < -0.39 is 5.91 Å². The van der Waals surface area contributed by atoms with Crippen molar-refractivity contribution in [1.29, 1.82) is 5.26 Å². The van der Waals surface area contributed by atoms with Crippen LogP contribution in [0, 0.1) is 31.0 Å². The first-order valence-electron chi connectivity index (χ1n) is 8.77. The molecule has 0 saturated heterocycles. The number of carbonyl (C=O) groups is 1. The summed E-state index contributed by atoms with van der Waals surface area (Å²) in [6.45, 7) is 7.43. The van der Waals surface area contributed by atoms with Crippen LogP contribution in [0.4, 0.5) is 4.39 Å². The van der Waals surface area contributed by atoms with Crippen molar-refractivity contribution in [3.63, 3.8) is 0 Å². The molecule has 136 valence electrons. The molecule has 4 nitrogen and oxygen atoms in total. The number of hydrogen-bond donors (Lipinski definition) is 1. The SMILES string of the molecule is CCCn1c(C)cc(/C=C(\C#N)C(=O)NCCc2ccc(F)cc2)c1C. The van der Waals surface area contributed by atoms with Gasteiger partial charge in [-0.05, 0) is 62.1 Å². The first-order chi connectivity index (χ1) is 12.5. The number of benzene rings is 1. The van der Waals surface area contributed by atoms with Crippen molar-refractivity contribution in [3.05, 3.63) is 64.2 Å². The van der Waals surface area contributed by atoms with Crippen molar-refractivity contribution in [2.45, 2.75) is 40.2 Å². The summed E-state index contributed by atoms with van der Waals surface area (Å²) >= 11 is 0. The van der Waals surface area contributed by atoms with E-state index in [1.54, 1.807) is 18.2 Å². The molecule has 0 unspecified atom stereocenters. The second kappa shape index (κ2) is 9.00. The number of nitriles is 1. The Hall–Kier alpha value is -2.87. The summed E-state index contributed by atoms with van der Waals surface area (Å²) in [5.41, 5.74) is 4.07. The van der Waals surface area contributed by atoms with E-state index >= 15 is 0 Å². The maximum atomic E-state index is 12.9. The third kappa shape index (κ3) is 4.82. The van der Waals surface area contributed by atoms with Gasteiger partial charge in [-0.25, -0.2) is 4.39 Å². The molecule has 0 spiro atoms. The van der Waals surface area contributed by atoms with Crippen molar-refractivity contribution in [2.75, 3.05) is 6.54 Å². The van der Waals surface area contributed by atoms with E-state index in [0.29, 0.717) is 13.0 Å². The van der Waals surface area contributed by atoms with Gasteiger partial charge in [-0.1, -0.05) is 19.1 Å². The van der Waals surface area contributed by atoms with Crippen LogP contribution in [0.25, 0.3) is 6.08 Å². The minimum absolute atomic E-state index is 0.0841. The lowest BCUT2D eigenvalue weighted by Gasteiger charge is -2.07. The predicted octanol–water partition coefficient (Wildman–Crippen LogP) is 3.92. The summed E-state index contributed by atoms with van der Waals surface area (Å²) in [7, 11) is 0. The van der Waals surface area contributed by atoms with E-state index in [2.05, 4.69) is 16.8 Å². The maximum absolute atomic E-state index is 12.9. The van der Waals surface area contributed by atoms with Crippen LogP contribution in [-0.2, 0) is 17.8 Å². The average Bonchev–Trinajstić information content (AvgIpc) is 2.89. The molecule has 0 aliphatic heterocycles. The Kier molecular flexibility index (Phi) is 6.74. The molecule has 0 atom stereocenters. The fourth-order valence-corrected chi connectivity index (χ4v) is 2.91. The van der Waals surface area contributed by atoms with Crippen LogP contribution in [-0.4, -0.2) is 17.0 Å². The number of aromatic nitrogens is 1. The highest BCUT2D eigenvalue weighted by Crippen LogP contribution is 2.18. The quantitative estimate of drug-likeness (QED) is 0.606. The Balaban J connectivity index is 2.04. The molecular formula is C21H24FN3O. The topological polar surface area (TPSA) is 57.8 Å². The second-order valence-corrected chi connectivity index (χ2v) is 6.28. The molecule has 5 heteroatoms. The van der Waals surface area contributed by atoms with E-state index in [9.17, 15) is 14.4 Å². The lowest BCUT2D eigenvalue weighted by Crippen LogP contribution is -2.26. The van der Waals surface area contributed by atoms with Crippen molar-refractivity contribution in [2.24, 2.45) is 0 Å². The Labute approximate surface area is 154 Å². The number of aryl methyl sites for hydroxylation is 1. The van der Waals surface area contributed by atoms with E-state index in [0.717, 1.165) is 35.5 Å². The van der Waals surface area contributed by atoms with Crippen LogP contribution < -0.4 is 5.32 Å². The first-order valence-corrected chi connectivity index (χ1v) is 8.77. The third-order valence-electron chi connectivity index (χ3n) is 4.34. The third-order valence-corrected chi connectivity index (χ3v) is 4.34. The van der Waals surface area contributed by atoms with Gasteiger partial charge >= 0.3 is 0 Å². The highest BCUT2D eigenvalue weighted by molar-refractivity contribution is 6.01. The smallest absolute Gasteiger partial charge is 0.261 e. The summed E-state index contributed by atoms with van der Waals surface area (Å²) in [5.74, 6) is -0.678. The highest BCUT2D eigenvalue weighted by atomic mass is 19.1. The van der Waals surface area contributed by atoms with E-state index in [-0.39, 0.29) is 11.4 Å². The minimum Gasteiger partial charge on any atom is -0.351 e. The van der Waals surface area contributed by atoms with Crippen molar-refractivity contribution in [1.82, 2.24) is 9.88 Å². The van der Waals surface area contributed by atoms with Gasteiger partial charge in [0.1, 0.15) is 17.5 Å². The fourth-order valence-electron chi connectivity index (χ4n) is 2.91. The molecule has 0 bridgehead atoms. The van der Waals surface area contributed by atoms with Gasteiger partial charge in [-0.3, -0.25) is 4.79 Å². The van der Waals surface area contributed by atoms with Crippen molar-refractivity contribution >= 4 is 12.0 Å². The zero-order chi connectivity index (χ0) is 19.1. The number of nitrogens with one attached hydrogen (secondary N) is 1. The molecule has 2 aromatic rings. The van der Waals surface area contributed by atoms with Gasteiger partial charge in [-0.2, -0.15) is 5.26 Å². The molecule has 1 N–H and O–H groups in total. The summed E-state index contributed by atoms with van der Waals surface area (Å²) in [6.07, 6.45) is 3.24. The van der Waals surface area contributed by atoms with Crippen molar-refractivity contribution < 1.29 is 9.18 Å². The van der Waals surface area contributed by atoms with Gasteiger partial charge < -0.3 is 9.88 Å². The molecule has 26 heavy (non-hydrogen) atoms. The largest absolute Gasteiger partial charge is 0.351 e. The van der Waals surface area contributed by atoms with Gasteiger partial charge in [-0.15, -0.1) is 0 Å². The van der Waals surface area contributed by atoms with Gasteiger partial charge in [0, 0.05) is 24.5 Å². The van der Waals surface area contributed by atoms with Gasteiger partial charge in [0.05, 0.1) is 0 Å². The fraction of sp³-hybridized carbons (Fsp3) is 0.333. The van der Waals surface area contributed by atoms with Crippen LogP contribution in [0.3, 0.4) is 0 Å². The monoisotopic (exact) mass is 353 g/mol. The first kappa shape index (κ1) is 19.5. The van der Waals surface area contributed by atoms with Crippen LogP contribution in [0.5, 0.6) is 0 Å². The standard InChI is InChI=1S/C21H24FN3O/c1-4-11-25-15(2)12-18(16(25)3)13-19(14-23)21(26)24-10-9-17-5-7-20(22)8-6-17/h5-8,12-13H,4,9-11H2,1-3H3,(H,24,26)/b19-13+. The normalized spacial score (nSPS) is 11.3. The van der Waals surface area contributed by atoms with Gasteiger partial charge in [0.15, 0.2) is 0 Å². The minimum atomic E-state index is -0.394. The number of rotatable bonds is 7.